The van der Waals surface area contributed by atoms with Crippen molar-refractivity contribution in [1.29, 1.82) is 3.80 Å². The van der Waals surface area contributed by atoms with Gasteiger partial charge in [0.15, 0.2) is 11.8 Å². The van der Waals surface area contributed by atoms with Gasteiger partial charge in [-0.2, -0.15) is 0 Å². The van der Waals surface area contributed by atoms with Crippen molar-refractivity contribution in [3.8, 4) is 0 Å². The van der Waals surface area contributed by atoms with E-state index in [-0.39, 0.29) is 11.8 Å². The summed E-state index contributed by atoms with van der Waals surface area (Å²) in [6.07, 6.45) is 1.33. The van der Waals surface area contributed by atoms with Crippen molar-refractivity contribution in [2.24, 2.45) is 23.7 Å². The van der Waals surface area contributed by atoms with Gasteiger partial charge in [-0.1, -0.05) is 76.4 Å². The topological polar surface area (TPSA) is 135 Å². The van der Waals surface area contributed by atoms with E-state index >= 15 is 0 Å². The van der Waals surface area contributed by atoms with Crippen molar-refractivity contribution in [2.75, 3.05) is 52.4 Å². The summed E-state index contributed by atoms with van der Waals surface area (Å²) >= 11 is 22.1. The van der Waals surface area contributed by atoms with Crippen LogP contribution in [-0.2, 0) is 88.5 Å². The normalized spacial score (nSPS) is 13.9. The number of amides is 4. The second-order valence-electron chi connectivity index (χ2n) is 12.8. The molecule has 264 valence electrons. The van der Waals surface area contributed by atoms with Crippen molar-refractivity contribution < 1.29 is 38.0 Å². The molecule has 0 aliphatic rings. The van der Waals surface area contributed by atoms with Gasteiger partial charge in [0.2, 0.25) is 11.8 Å². The van der Waals surface area contributed by atoms with Crippen molar-refractivity contribution in [3.05, 3.63) is 0 Å². The average Bonchev–Trinajstić information content (AvgIpc) is 2.96. The van der Waals surface area contributed by atoms with Crippen molar-refractivity contribution >= 4 is 74.1 Å². The molecule has 4 amide bonds. The van der Waals surface area contributed by atoms with Crippen LogP contribution in [0.25, 0.3) is 0 Å². The fourth-order valence-electron chi connectivity index (χ4n) is 4.34. The van der Waals surface area contributed by atoms with Gasteiger partial charge in [-0.05, 0) is 49.6 Å². The van der Waals surface area contributed by atoms with Crippen LogP contribution in [0.3, 0.4) is 0 Å². The Morgan fingerprint density at radius 2 is 0.800 bits per heavy atom. The SMILES string of the molecule is CC(C)CN(CC(C)C)C(=O)C([S-])C([S-])C(=O)NCCCNCCCNC(=O)C([S-])C([S-])C(=O)N(CC(C)C)CC(C)C.[N]#[188Re]. The predicted octanol–water partition coefficient (Wildman–Crippen LogP) is 1.54. The number of nitrogens with one attached hydrogen (secondary N) is 3. The molecular weight excluding hydrogens is 825 g/mol. The van der Waals surface area contributed by atoms with E-state index < -0.39 is 32.8 Å². The van der Waals surface area contributed by atoms with E-state index in [1.807, 2.05) is 55.4 Å². The molecule has 0 aromatic carbocycles. The van der Waals surface area contributed by atoms with Crippen LogP contribution >= 0.6 is 0 Å². The van der Waals surface area contributed by atoms with E-state index in [0.29, 0.717) is 88.9 Å². The Balaban J connectivity index is 0. The number of hydrogen-bond acceptors (Lipinski definition) is 10. The van der Waals surface area contributed by atoms with Crippen LogP contribution in [0.5, 0.6) is 0 Å². The maximum absolute atomic E-state index is 12.9. The van der Waals surface area contributed by atoms with Crippen LogP contribution in [0.4, 0.5) is 0 Å². The minimum absolute atomic E-state index is 0.252. The first-order valence-corrected chi connectivity index (χ1v) is 18.7. The van der Waals surface area contributed by atoms with Crippen LogP contribution < -0.4 is 16.0 Å². The minimum atomic E-state index is -1.01. The first kappa shape index (κ1) is 46.7. The average molecular weight is 880 g/mol. The van der Waals surface area contributed by atoms with Crippen LogP contribution in [-0.4, -0.2) is 107 Å². The Morgan fingerprint density at radius 3 is 1.04 bits per heavy atom. The molecule has 0 fully saturated rings. The molecule has 0 saturated carbocycles. The van der Waals surface area contributed by atoms with E-state index in [1.54, 1.807) is 9.80 Å². The maximum atomic E-state index is 12.9. The van der Waals surface area contributed by atoms with Crippen LogP contribution in [0.1, 0.15) is 68.2 Å². The second-order valence-corrected chi connectivity index (χ2v) is 14.8. The van der Waals surface area contributed by atoms with Gasteiger partial charge in [-0.15, -0.1) is 0 Å². The van der Waals surface area contributed by atoms with Gasteiger partial charge >= 0.3 is 22.6 Å². The molecule has 0 bridgehead atoms. The van der Waals surface area contributed by atoms with Gasteiger partial charge in [0, 0.05) is 39.3 Å². The second kappa shape index (κ2) is 26.6. The quantitative estimate of drug-likeness (QED) is 0.109. The summed E-state index contributed by atoms with van der Waals surface area (Å²) in [6, 6.07) is 0. The first-order valence-electron chi connectivity index (χ1n) is 15.6. The molecule has 0 rings (SSSR count). The zero-order chi connectivity index (χ0) is 35.3. The van der Waals surface area contributed by atoms with E-state index in [1.165, 1.54) is 0 Å². The third-order valence-corrected chi connectivity index (χ3v) is 8.44. The molecule has 0 aromatic rings. The van der Waals surface area contributed by atoms with Crippen molar-refractivity contribution in [2.45, 2.75) is 89.2 Å². The fourth-order valence-corrected chi connectivity index (χ4v) is 5.29. The number of carbonyl (C=O) groups excluding carboxylic acids is 4. The molecule has 0 aliphatic carbocycles. The summed E-state index contributed by atoms with van der Waals surface area (Å²) in [5, 5.41) is 4.85. The molecule has 0 saturated heterocycles. The summed E-state index contributed by atoms with van der Waals surface area (Å²) in [6.45, 7) is 20.7. The van der Waals surface area contributed by atoms with Gasteiger partial charge in [0.25, 0.3) is 0 Å². The summed E-state index contributed by atoms with van der Waals surface area (Å²) in [4.78, 5) is 54.3. The molecule has 0 aliphatic heterocycles. The van der Waals surface area contributed by atoms with E-state index in [4.69, 9.17) is 54.3 Å². The molecule has 0 spiro atoms. The summed E-state index contributed by atoms with van der Waals surface area (Å²) in [5.41, 5.74) is 0. The Morgan fingerprint density at radius 1 is 0.533 bits per heavy atom. The zero-order valence-electron chi connectivity index (χ0n) is 28.2. The number of rotatable bonds is 22. The van der Waals surface area contributed by atoms with Crippen LogP contribution in [0.2, 0.25) is 0 Å². The monoisotopic (exact) mass is 879 g/mol. The zero-order valence-corrected chi connectivity index (χ0v) is 34.2. The molecule has 45 heavy (non-hydrogen) atoms. The summed E-state index contributed by atoms with van der Waals surface area (Å²) < 4.78 is 7.06. The molecule has 10 nitrogen and oxygen atoms in total. The van der Waals surface area contributed by atoms with Crippen LogP contribution in [0.15, 0.2) is 0 Å². The van der Waals surface area contributed by atoms with Crippen molar-refractivity contribution in [1.82, 2.24) is 25.8 Å². The molecular formula is C30H55N6O4ReS4-4. The van der Waals surface area contributed by atoms with E-state index in [9.17, 15) is 19.2 Å². The summed E-state index contributed by atoms with van der Waals surface area (Å²) in [5.74, 6) is -0.128. The standard InChI is InChI=1S/C30H59N5O4S4.N.Re/c1-19(2)15-34(16-20(3)4)29(38)25(42)23(40)27(36)32-13-9-11-31-12-10-14-33-28(37)24(41)26(43)30(39)35(17-21(5)6)18-22(7)8;;/h19-26,31,40-43H,9-18H2,1-8H3,(H,32,36)(H,33,37);;/p-4/i;;1+2. The predicted molar refractivity (Wildman–Crippen MR) is 187 cm³/mol. The molecule has 0 heterocycles. The molecule has 4 atom stereocenters. The van der Waals surface area contributed by atoms with E-state index in [0.717, 1.165) is 18.8 Å². The van der Waals surface area contributed by atoms with Gasteiger partial charge in [0.05, 0.1) is 0 Å². The van der Waals surface area contributed by atoms with Gasteiger partial charge in [-0.3, -0.25) is 19.2 Å². The number of carbonyl (C=O) groups is 4. The third kappa shape index (κ3) is 21.3. The number of hydrogen-bond donors (Lipinski definition) is 3. The van der Waals surface area contributed by atoms with Crippen LogP contribution in [0, 0.1) is 27.5 Å². The Bertz CT molecular complexity index is 812. The van der Waals surface area contributed by atoms with Gasteiger partial charge < -0.3 is 76.3 Å². The first-order chi connectivity index (χ1) is 21.0. The Kier molecular flexibility index (Phi) is 27.6. The third-order valence-electron chi connectivity index (χ3n) is 6.18. The van der Waals surface area contributed by atoms with Gasteiger partial charge in [-0.25, -0.2) is 0 Å². The molecule has 0 radical (unpaired) electrons. The fraction of sp³-hybridized carbons (Fsp3) is 0.867. The molecule has 4 unspecified atom stereocenters. The van der Waals surface area contributed by atoms with Gasteiger partial charge in [0.1, 0.15) is 0 Å². The summed E-state index contributed by atoms with van der Waals surface area (Å²) in [7, 11) is 0. The molecule has 15 heteroatoms. The van der Waals surface area contributed by atoms with Crippen molar-refractivity contribution in [3.63, 3.8) is 0 Å². The Hall–Kier alpha value is -0.388. The number of nitrogens with zero attached hydrogens (tertiary/aromatic N) is 3. The Labute approximate surface area is 305 Å². The molecule has 0 aromatic heterocycles. The van der Waals surface area contributed by atoms with E-state index in [2.05, 4.69) is 16.0 Å². The molecule has 3 N–H and O–H groups in total.